The van der Waals surface area contributed by atoms with E-state index < -0.39 is 6.10 Å². The summed E-state index contributed by atoms with van der Waals surface area (Å²) in [7, 11) is 0. The molecular formula is C57H110O6. The maximum Gasteiger partial charge on any atom is 0.306 e. The summed E-state index contributed by atoms with van der Waals surface area (Å²) in [5.41, 5.74) is 0. The number of ether oxygens (including phenoxy) is 3. The van der Waals surface area contributed by atoms with Crippen LogP contribution in [0, 0.1) is 11.8 Å². The lowest BCUT2D eigenvalue weighted by Crippen LogP contribution is -2.30. The van der Waals surface area contributed by atoms with Gasteiger partial charge in [0.25, 0.3) is 0 Å². The predicted octanol–water partition coefficient (Wildman–Crippen LogP) is 18.5. The third-order valence-corrected chi connectivity index (χ3v) is 13.0. The van der Waals surface area contributed by atoms with Gasteiger partial charge >= 0.3 is 17.9 Å². The van der Waals surface area contributed by atoms with E-state index in [-0.39, 0.29) is 31.1 Å². The molecule has 63 heavy (non-hydrogen) atoms. The SMILES string of the molecule is CCCCCCCCCCCCCCCCCCCCCC(=O)OC[C@H](COC(=O)CCCCCCCCCCCC(C)C)OC(=O)CCCCCCCCCCCCCC(C)C. The quantitative estimate of drug-likeness (QED) is 0.0344. The van der Waals surface area contributed by atoms with E-state index in [1.54, 1.807) is 0 Å². The van der Waals surface area contributed by atoms with E-state index in [1.807, 2.05) is 0 Å². The van der Waals surface area contributed by atoms with Gasteiger partial charge in [-0.15, -0.1) is 0 Å². The molecule has 0 rings (SSSR count). The van der Waals surface area contributed by atoms with Crippen LogP contribution in [0.4, 0.5) is 0 Å². The Morgan fingerprint density at radius 1 is 0.302 bits per heavy atom. The van der Waals surface area contributed by atoms with E-state index in [9.17, 15) is 14.4 Å². The van der Waals surface area contributed by atoms with Crippen LogP contribution in [0.15, 0.2) is 0 Å². The fourth-order valence-corrected chi connectivity index (χ4v) is 8.70. The third kappa shape index (κ3) is 51.3. The second-order valence-electron chi connectivity index (χ2n) is 20.5. The molecule has 0 fully saturated rings. The summed E-state index contributed by atoms with van der Waals surface area (Å²) in [5, 5.41) is 0. The fraction of sp³-hybridized carbons (Fsp3) is 0.947. The van der Waals surface area contributed by atoms with Crippen LogP contribution < -0.4 is 0 Å². The van der Waals surface area contributed by atoms with Crippen LogP contribution in [0.3, 0.4) is 0 Å². The summed E-state index contributed by atoms with van der Waals surface area (Å²) >= 11 is 0. The van der Waals surface area contributed by atoms with Crippen molar-refractivity contribution in [3.8, 4) is 0 Å². The molecular weight excluding hydrogens is 781 g/mol. The number of hydrogen-bond donors (Lipinski definition) is 0. The zero-order valence-corrected chi connectivity index (χ0v) is 43.2. The lowest BCUT2D eigenvalue weighted by molar-refractivity contribution is -0.167. The Labute approximate surface area is 393 Å². The number of esters is 3. The van der Waals surface area contributed by atoms with Gasteiger partial charge in [-0.25, -0.2) is 0 Å². The molecule has 0 aliphatic rings. The second-order valence-corrected chi connectivity index (χ2v) is 20.5. The van der Waals surface area contributed by atoms with Gasteiger partial charge in [-0.3, -0.25) is 14.4 Å². The van der Waals surface area contributed by atoms with Crippen molar-refractivity contribution in [2.45, 2.75) is 323 Å². The Kier molecular flexibility index (Phi) is 48.6. The molecule has 6 heteroatoms. The number of carbonyl (C=O) groups excluding carboxylic acids is 3. The van der Waals surface area contributed by atoms with E-state index >= 15 is 0 Å². The Balaban J connectivity index is 4.26. The molecule has 0 aliphatic carbocycles. The van der Waals surface area contributed by atoms with E-state index in [0.29, 0.717) is 19.3 Å². The maximum atomic E-state index is 12.8. The van der Waals surface area contributed by atoms with E-state index in [1.165, 1.54) is 205 Å². The molecule has 0 saturated carbocycles. The predicted molar refractivity (Wildman–Crippen MR) is 270 cm³/mol. The lowest BCUT2D eigenvalue weighted by Gasteiger charge is -2.18. The van der Waals surface area contributed by atoms with E-state index in [2.05, 4.69) is 34.6 Å². The largest absolute Gasteiger partial charge is 0.462 e. The molecule has 6 nitrogen and oxygen atoms in total. The van der Waals surface area contributed by atoms with Crippen molar-refractivity contribution in [2.75, 3.05) is 13.2 Å². The molecule has 0 aliphatic heterocycles. The van der Waals surface area contributed by atoms with Crippen LogP contribution in [0.1, 0.15) is 317 Å². The van der Waals surface area contributed by atoms with Gasteiger partial charge in [-0.05, 0) is 31.1 Å². The zero-order chi connectivity index (χ0) is 46.1. The molecule has 0 heterocycles. The molecule has 374 valence electrons. The number of rotatable bonds is 51. The lowest BCUT2D eigenvalue weighted by atomic mass is 10.0. The van der Waals surface area contributed by atoms with Gasteiger partial charge in [-0.1, -0.05) is 279 Å². The topological polar surface area (TPSA) is 78.9 Å². The normalized spacial score (nSPS) is 12.0. The minimum atomic E-state index is -0.763. The number of hydrogen-bond acceptors (Lipinski definition) is 6. The molecule has 0 saturated heterocycles. The van der Waals surface area contributed by atoms with Gasteiger partial charge < -0.3 is 14.2 Å². The summed E-state index contributed by atoms with van der Waals surface area (Å²) in [6.45, 7) is 11.4. The highest BCUT2D eigenvalue weighted by Crippen LogP contribution is 2.18. The molecule has 0 aromatic carbocycles. The first-order valence-electron chi connectivity index (χ1n) is 28.2. The Bertz CT molecular complexity index is 962. The first kappa shape index (κ1) is 61.4. The summed E-state index contributed by atoms with van der Waals surface area (Å²) in [4.78, 5) is 38.1. The molecule has 0 bridgehead atoms. The highest BCUT2D eigenvalue weighted by Gasteiger charge is 2.19. The van der Waals surface area contributed by atoms with Gasteiger partial charge in [0, 0.05) is 19.3 Å². The van der Waals surface area contributed by atoms with Crippen molar-refractivity contribution in [1.82, 2.24) is 0 Å². The number of carbonyl (C=O) groups is 3. The summed E-state index contributed by atoms with van der Waals surface area (Å²) in [6, 6.07) is 0. The van der Waals surface area contributed by atoms with Crippen molar-refractivity contribution in [3.05, 3.63) is 0 Å². The Hall–Kier alpha value is -1.59. The highest BCUT2D eigenvalue weighted by molar-refractivity contribution is 5.71. The van der Waals surface area contributed by atoms with Gasteiger partial charge in [0.1, 0.15) is 13.2 Å². The van der Waals surface area contributed by atoms with Crippen LogP contribution in [0.25, 0.3) is 0 Å². The summed E-state index contributed by atoms with van der Waals surface area (Å²) in [6.07, 6.45) is 52.4. The van der Waals surface area contributed by atoms with Crippen LogP contribution in [0.5, 0.6) is 0 Å². The molecule has 0 N–H and O–H groups in total. The van der Waals surface area contributed by atoms with E-state index in [0.717, 1.165) is 69.6 Å². The van der Waals surface area contributed by atoms with Crippen molar-refractivity contribution in [3.63, 3.8) is 0 Å². The Morgan fingerprint density at radius 2 is 0.524 bits per heavy atom. The van der Waals surface area contributed by atoms with Gasteiger partial charge in [0.05, 0.1) is 0 Å². The monoisotopic (exact) mass is 891 g/mol. The van der Waals surface area contributed by atoms with Crippen molar-refractivity contribution < 1.29 is 28.6 Å². The minimum absolute atomic E-state index is 0.0633. The smallest absolute Gasteiger partial charge is 0.306 e. The molecule has 0 radical (unpaired) electrons. The fourth-order valence-electron chi connectivity index (χ4n) is 8.70. The average Bonchev–Trinajstić information content (AvgIpc) is 3.25. The van der Waals surface area contributed by atoms with Crippen LogP contribution >= 0.6 is 0 Å². The average molecular weight is 892 g/mol. The van der Waals surface area contributed by atoms with Crippen LogP contribution in [-0.2, 0) is 28.6 Å². The minimum Gasteiger partial charge on any atom is -0.462 e. The zero-order valence-electron chi connectivity index (χ0n) is 43.2. The third-order valence-electron chi connectivity index (χ3n) is 13.0. The van der Waals surface area contributed by atoms with E-state index in [4.69, 9.17) is 14.2 Å². The molecule has 1 atom stereocenters. The highest BCUT2D eigenvalue weighted by atomic mass is 16.6. The summed E-state index contributed by atoms with van der Waals surface area (Å²) < 4.78 is 16.9. The van der Waals surface area contributed by atoms with Crippen molar-refractivity contribution in [2.24, 2.45) is 11.8 Å². The van der Waals surface area contributed by atoms with Crippen LogP contribution in [-0.4, -0.2) is 37.2 Å². The summed E-state index contributed by atoms with van der Waals surface area (Å²) in [5.74, 6) is 0.789. The standard InChI is InChI=1S/C57H110O6/c1-6-7-8-9-10-11-12-13-14-15-16-17-18-19-22-27-32-37-42-47-55(58)61-50-54(51-62-56(59)48-43-38-33-29-24-26-31-36-41-46-53(4)5)63-57(60)49-44-39-34-28-23-20-21-25-30-35-40-45-52(2)3/h52-54H,6-51H2,1-5H3/t54-/m1/s1. The maximum absolute atomic E-state index is 12.8. The first-order chi connectivity index (χ1) is 30.7. The van der Waals surface area contributed by atoms with Gasteiger partial charge in [0.2, 0.25) is 0 Å². The number of unbranched alkanes of at least 4 members (excludes halogenated alkanes) is 36. The molecule has 0 unspecified atom stereocenters. The van der Waals surface area contributed by atoms with Gasteiger partial charge in [-0.2, -0.15) is 0 Å². The second kappa shape index (κ2) is 49.8. The molecule has 0 aromatic heterocycles. The molecule has 0 spiro atoms. The molecule has 0 aromatic rings. The Morgan fingerprint density at radius 3 is 0.778 bits per heavy atom. The van der Waals surface area contributed by atoms with Crippen molar-refractivity contribution >= 4 is 17.9 Å². The van der Waals surface area contributed by atoms with Gasteiger partial charge in [0.15, 0.2) is 6.10 Å². The van der Waals surface area contributed by atoms with Crippen LogP contribution in [0.2, 0.25) is 0 Å². The first-order valence-corrected chi connectivity index (χ1v) is 28.2. The van der Waals surface area contributed by atoms with Crippen molar-refractivity contribution in [1.29, 1.82) is 0 Å². The molecule has 0 amide bonds.